The first-order chi connectivity index (χ1) is 13.0. The Balaban J connectivity index is 1.58. The van der Waals surface area contributed by atoms with E-state index in [9.17, 15) is 8.42 Å². The van der Waals surface area contributed by atoms with Crippen LogP contribution in [0.25, 0.3) is 10.2 Å². The van der Waals surface area contributed by atoms with Crippen molar-refractivity contribution in [3.63, 3.8) is 0 Å². The Hall–Kier alpha value is -1.96. The van der Waals surface area contributed by atoms with E-state index in [0.29, 0.717) is 19.5 Å². The van der Waals surface area contributed by atoms with Crippen molar-refractivity contribution < 1.29 is 13.2 Å². The van der Waals surface area contributed by atoms with Crippen LogP contribution in [0.15, 0.2) is 48.5 Å². The minimum absolute atomic E-state index is 0.0316. The number of aromatic nitrogens is 1. The first kappa shape index (κ1) is 18.4. The minimum Gasteiger partial charge on any atom is -0.497 e. The predicted octanol–water partition coefficient (Wildman–Crippen LogP) is 3.49. The van der Waals surface area contributed by atoms with E-state index >= 15 is 0 Å². The number of ether oxygens (including phenoxy) is 1. The van der Waals surface area contributed by atoms with Gasteiger partial charge in [-0.3, -0.25) is 4.90 Å². The van der Waals surface area contributed by atoms with Gasteiger partial charge in [0.2, 0.25) is 0 Å². The molecule has 0 aliphatic carbocycles. The molecule has 0 N–H and O–H groups in total. The van der Waals surface area contributed by atoms with Crippen LogP contribution < -0.4 is 4.74 Å². The Labute approximate surface area is 163 Å². The van der Waals surface area contributed by atoms with Crippen molar-refractivity contribution in [2.45, 2.75) is 25.6 Å². The molecule has 1 aliphatic heterocycles. The molecule has 1 aliphatic rings. The number of hydrogen-bond acceptors (Lipinski definition) is 6. The van der Waals surface area contributed by atoms with Crippen LogP contribution in [0.1, 0.15) is 17.0 Å². The van der Waals surface area contributed by atoms with Gasteiger partial charge in [-0.15, -0.1) is 11.3 Å². The zero-order valence-electron chi connectivity index (χ0n) is 15.2. The smallest absolute Gasteiger partial charge is 0.151 e. The van der Waals surface area contributed by atoms with E-state index < -0.39 is 9.84 Å². The number of benzene rings is 2. The maximum absolute atomic E-state index is 12.0. The minimum atomic E-state index is -2.94. The standard InChI is InChI=1S/C20H22N2O3S2/c1-25-17-8-6-15(7-9-17)12-22(16-10-11-27(23,24)14-16)13-20-21-18-4-2-3-5-19(18)26-20/h2-9,16H,10-14H2,1H3. The van der Waals surface area contributed by atoms with Crippen molar-refractivity contribution in [2.75, 3.05) is 18.6 Å². The van der Waals surface area contributed by atoms with Crippen LogP contribution in [0.2, 0.25) is 0 Å². The van der Waals surface area contributed by atoms with Crippen LogP contribution in [0.5, 0.6) is 5.75 Å². The van der Waals surface area contributed by atoms with Crippen LogP contribution in [0.3, 0.4) is 0 Å². The maximum Gasteiger partial charge on any atom is 0.151 e. The molecule has 0 bridgehead atoms. The van der Waals surface area contributed by atoms with Gasteiger partial charge in [-0.1, -0.05) is 24.3 Å². The van der Waals surface area contributed by atoms with Crippen molar-refractivity contribution in [2.24, 2.45) is 0 Å². The summed E-state index contributed by atoms with van der Waals surface area (Å²) in [6.45, 7) is 1.35. The number of hydrogen-bond donors (Lipinski definition) is 0. The van der Waals surface area contributed by atoms with E-state index in [2.05, 4.69) is 11.0 Å². The van der Waals surface area contributed by atoms with Crippen LogP contribution in [0, 0.1) is 0 Å². The summed E-state index contributed by atoms with van der Waals surface area (Å²) in [5.74, 6) is 1.32. The van der Waals surface area contributed by atoms with Crippen LogP contribution in [-0.2, 0) is 22.9 Å². The van der Waals surface area contributed by atoms with Gasteiger partial charge in [0.05, 0.1) is 35.4 Å². The topological polar surface area (TPSA) is 59.5 Å². The molecule has 0 spiro atoms. The quantitative estimate of drug-likeness (QED) is 0.632. The zero-order valence-corrected chi connectivity index (χ0v) is 16.8. The fraction of sp³-hybridized carbons (Fsp3) is 0.350. The summed E-state index contributed by atoms with van der Waals surface area (Å²) in [6, 6.07) is 16.1. The molecule has 4 rings (SSSR count). The number of fused-ring (bicyclic) bond motifs is 1. The van der Waals surface area contributed by atoms with Gasteiger partial charge in [0.1, 0.15) is 10.8 Å². The second-order valence-electron chi connectivity index (χ2n) is 6.89. The molecule has 1 unspecified atom stereocenters. The van der Waals surface area contributed by atoms with Gasteiger partial charge in [-0.25, -0.2) is 13.4 Å². The lowest BCUT2D eigenvalue weighted by atomic mass is 10.1. The number of para-hydroxylation sites is 1. The highest BCUT2D eigenvalue weighted by Crippen LogP contribution is 2.27. The monoisotopic (exact) mass is 402 g/mol. The first-order valence-electron chi connectivity index (χ1n) is 8.94. The van der Waals surface area contributed by atoms with E-state index in [1.54, 1.807) is 18.4 Å². The van der Waals surface area contributed by atoms with Gasteiger partial charge in [0, 0.05) is 12.6 Å². The molecule has 2 aromatic carbocycles. The third-order valence-corrected chi connectivity index (χ3v) is 7.72. The lowest BCUT2D eigenvalue weighted by Gasteiger charge is -2.27. The van der Waals surface area contributed by atoms with Gasteiger partial charge in [-0.2, -0.15) is 0 Å². The number of methoxy groups -OCH3 is 1. The maximum atomic E-state index is 12.0. The molecule has 7 heteroatoms. The van der Waals surface area contributed by atoms with Gasteiger partial charge in [0.25, 0.3) is 0 Å². The van der Waals surface area contributed by atoms with Gasteiger partial charge in [0.15, 0.2) is 9.84 Å². The van der Waals surface area contributed by atoms with Crippen molar-refractivity contribution in [3.05, 3.63) is 59.1 Å². The second kappa shape index (κ2) is 7.58. The van der Waals surface area contributed by atoms with Crippen molar-refractivity contribution in [1.29, 1.82) is 0 Å². The third-order valence-electron chi connectivity index (χ3n) is 4.95. The Morgan fingerprint density at radius 2 is 1.93 bits per heavy atom. The summed E-state index contributed by atoms with van der Waals surface area (Å²) < 4.78 is 30.4. The van der Waals surface area contributed by atoms with Gasteiger partial charge in [-0.05, 0) is 36.2 Å². The van der Waals surface area contributed by atoms with Crippen LogP contribution >= 0.6 is 11.3 Å². The van der Waals surface area contributed by atoms with E-state index in [-0.39, 0.29) is 17.5 Å². The molecule has 0 amide bonds. The Morgan fingerprint density at radius 1 is 1.15 bits per heavy atom. The largest absolute Gasteiger partial charge is 0.497 e. The summed E-state index contributed by atoms with van der Waals surface area (Å²) in [7, 11) is -1.29. The van der Waals surface area contributed by atoms with E-state index in [4.69, 9.17) is 9.72 Å². The van der Waals surface area contributed by atoms with E-state index in [1.807, 2.05) is 42.5 Å². The summed E-state index contributed by atoms with van der Waals surface area (Å²) >= 11 is 1.68. The zero-order chi connectivity index (χ0) is 18.9. The molecule has 1 atom stereocenters. The predicted molar refractivity (Wildman–Crippen MR) is 109 cm³/mol. The molecule has 1 fully saturated rings. The molecule has 1 saturated heterocycles. The average molecular weight is 403 g/mol. The Kier molecular flexibility index (Phi) is 5.16. The molecule has 142 valence electrons. The Bertz CT molecular complexity index is 996. The van der Waals surface area contributed by atoms with Gasteiger partial charge >= 0.3 is 0 Å². The molecule has 1 aromatic heterocycles. The first-order valence-corrected chi connectivity index (χ1v) is 11.6. The van der Waals surface area contributed by atoms with Crippen LogP contribution in [0.4, 0.5) is 0 Å². The summed E-state index contributed by atoms with van der Waals surface area (Å²) in [6.07, 6.45) is 0.684. The molecule has 2 heterocycles. The highest BCUT2D eigenvalue weighted by molar-refractivity contribution is 7.91. The number of thiazole rings is 1. The van der Waals surface area contributed by atoms with Crippen LogP contribution in [-0.4, -0.2) is 43.0 Å². The van der Waals surface area contributed by atoms with Gasteiger partial charge < -0.3 is 4.74 Å². The fourth-order valence-corrected chi connectivity index (χ4v) is 6.26. The summed E-state index contributed by atoms with van der Waals surface area (Å²) in [5, 5.41) is 1.02. The SMILES string of the molecule is COc1ccc(CN(Cc2nc3ccccc3s2)C2CCS(=O)(=O)C2)cc1. The van der Waals surface area contributed by atoms with E-state index in [0.717, 1.165) is 26.5 Å². The molecular weight excluding hydrogens is 380 g/mol. The summed E-state index contributed by atoms with van der Waals surface area (Å²) in [5.41, 5.74) is 2.14. The molecule has 0 radical (unpaired) electrons. The number of rotatable bonds is 6. The third kappa shape index (κ3) is 4.31. The van der Waals surface area contributed by atoms with Crippen molar-refractivity contribution >= 4 is 31.4 Å². The molecule has 3 aromatic rings. The van der Waals surface area contributed by atoms with Crippen molar-refractivity contribution in [3.8, 4) is 5.75 Å². The van der Waals surface area contributed by atoms with E-state index in [1.165, 1.54) is 0 Å². The normalized spacial score (nSPS) is 19.0. The highest BCUT2D eigenvalue weighted by atomic mass is 32.2. The lowest BCUT2D eigenvalue weighted by Crippen LogP contribution is -2.35. The highest BCUT2D eigenvalue weighted by Gasteiger charge is 2.32. The number of nitrogens with zero attached hydrogens (tertiary/aromatic N) is 2. The lowest BCUT2D eigenvalue weighted by molar-refractivity contribution is 0.194. The molecular formula is C20H22N2O3S2. The summed E-state index contributed by atoms with van der Waals surface area (Å²) in [4.78, 5) is 6.99. The van der Waals surface area contributed by atoms with Crippen molar-refractivity contribution in [1.82, 2.24) is 9.88 Å². The average Bonchev–Trinajstić information content (AvgIpc) is 3.24. The molecule has 27 heavy (non-hydrogen) atoms. The Morgan fingerprint density at radius 3 is 2.59 bits per heavy atom. The second-order valence-corrected chi connectivity index (χ2v) is 10.2. The molecule has 0 saturated carbocycles. The molecule has 5 nitrogen and oxygen atoms in total. The fourth-order valence-electron chi connectivity index (χ4n) is 3.50. The number of sulfone groups is 1.